The molecule has 3 rings (SSSR count). The first-order valence-corrected chi connectivity index (χ1v) is 8.89. The van der Waals surface area contributed by atoms with Crippen molar-refractivity contribution in [2.75, 3.05) is 0 Å². The van der Waals surface area contributed by atoms with Gasteiger partial charge in [0.25, 0.3) is 0 Å². The minimum Gasteiger partial charge on any atom is -0.352 e. The van der Waals surface area contributed by atoms with Crippen molar-refractivity contribution >= 4 is 5.91 Å². The molecular formula is C17H30N2O. The number of nitrogens with one attached hydrogen (secondary N) is 2. The van der Waals surface area contributed by atoms with E-state index in [4.69, 9.17) is 0 Å². The number of rotatable bonds is 2. The molecule has 2 saturated carbocycles. The second-order valence-corrected chi connectivity index (χ2v) is 7.16. The minimum atomic E-state index is 0.0912. The molecule has 3 unspecified atom stereocenters. The summed E-state index contributed by atoms with van der Waals surface area (Å²) in [6.45, 7) is 0. The normalized spacial score (nSPS) is 35.9. The lowest BCUT2D eigenvalue weighted by atomic mass is 9.85. The fourth-order valence-electron chi connectivity index (χ4n) is 4.42. The van der Waals surface area contributed by atoms with Gasteiger partial charge in [-0.2, -0.15) is 0 Å². The number of fused-ring (bicyclic) bond motifs is 1. The van der Waals surface area contributed by atoms with E-state index in [2.05, 4.69) is 10.6 Å². The van der Waals surface area contributed by atoms with Gasteiger partial charge in [-0.3, -0.25) is 4.79 Å². The van der Waals surface area contributed by atoms with Crippen molar-refractivity contribution in [1.29, 1.82) is 0 Å². The maximum absolute atomic E-state index is 12.5. The molecule has 3 aliphatic rings. The summed E-state index contributed by atoms with van der Waals surface area (Å²) < 4.78 is 0. The Morgan fingerprint density at radius 3 is 2.25 bits per heavy atom. The molecule has 0 aromatic rings. The van der Waals surface area contributed by atoms with E-state index in [0.29, 0.717) is 12.1 Å². The van der Waals surface area contributed by atoms with Crippen LogP contribution in [0.3, 0.4) is 0 Å². The van der Waals surface area contributed by atoms with Gasteiger partial charge in [-0.25, -0.2) is 0 Å². The average Bonchev–Trinajstić information content (AvgIpc) is 2.85. The summed E-state index contributed by atoms with van der Waals surface area (Å²) in [5.41, 5.74) is 0. The highest BCUT2D eigenvalue weighted by Crippen LogP contribution is 2.33. The Balaban J connectivity index is 1.48. The monoisotopic (exact) mass is 278 g/mol. The predicted octanol–water partition coefficient (Wildman–Crippen LogP) is 3.14. The number of amides is 1. The molecular weight excluding hydrogens is 248 g/mol. The van der Waals surface area contributed by atoms with E-state index < -0.39 is 0 Å². The third-order valence-electron chi connectivity index (χ3n) is 5.63. The van der Waals surface area contributed by atoms with Gasteiger partial charge in [0, 0.05) is 12.1 Å². The molecule has 0 bridgehead atoms. The number of hydrogen-bond donors (Lipinski definition) is 2. The molecule has 0 radical (unpaired) electrons. The maximum Gasteiger partial charge on any atom is 0.237 e. The summed E-state index contributed by atoms with van der Waals surface area (Å²) >= 11 is 0. The van der Waals surface area contributed by atoms with Gasteiger partial charge < -0.3 is 10.6 Å². The van der Waals surface area contributed by atoms with Crippen LogP contribution in [0.1, 0.15) is 77.0 Å². The minimum absolute atomic E-state index is 0.0912. The molecule has 0 spiro atoms. The van der Waals surface area contributed by atoms with Crippen LogP contribution in [0.25, 0.3) is 0 Å². The Bertz CT molecular complexity index is 309. The van der Waals surface area contributed by atoms with Crippen LogP contribution in [-0.2, 0) is 4.79 Å². The zero-order chi connectivity index (χ0) is 13.8. The molecule has 0 aromatic heterocycles. The fourth-order valence-corrected chi connectivity index (χ4v) is 4.42. The molecule has 3 heteroatoms. The topological polar surface area (TPSA) is 41.1 Å². The first kappa shape index (κ1) is 14.4. The lowest BCUT2D eigenvalue weighted by molar-refractivity contribution is -0.123. The Kier molecular flexibility index (Phi) is 4.98. The highest BCUT2D eigenvalue weighted by atomic mass is 16.2. The highest BCUT2D eigenvalue weighted by Gasteiger charge is 2.38. The Morgan fingerprint density at radius 1 is 0.850 bits per heavy atom. The summed E-state index contributed by atoms with van der Waals surface area (Å²) in [7, 11) is 0. The quantitative estimate of drug-likeness (QED) is 0.815. The number of carbonyl (C=O) groups excluding carboxylic acids is 1. The second-order valence-electron chi connectivity index (χ2n) is 7.16. The number of carbonyl (C=O) groups is 1. The molecule has 114 valence electrons. The van der Waals surface area contributed by atoms with E-state index in [0.717, 1.165) is 12.3 Å². The lowest BCUT2D eigenvalue weighted by Crippen LogP contribution is -2.46. The Morgan fingerprint density at radius 2 is 1.50 bits per heavy atom. The van der Waals surface area contributed by atoms with E-state index in [1.54, 1.807) is 0 Å². The lowest BCUT2D eigenvalue weighted by Gasteiger charge is -2.24. The van der Waals surface area contributed by atoms with E-state index in [-0.39, 0.29) is 11.9 Å². The van der Waals surface area contributed by atoms with Crippen molar-refractivity contribution in [3.63, 3.8) is 0 Å². The third-order valence-corrected chi connectivity index (χ3v) is 5.63. The van der Waals surface area contributed by atoms with Crippen molar-refractivity contribution in [2.24, 2.45) is 5.92 Å². The van der Waals surface area contributed by atoms with Gasteiger partial charge in [-0.05, 0) is 38.0 Å². The van der Waals surface area contributed by atoms with Crippen LogP contribution in [-0.4, -0.2) is 24.0 Å². The van der Waals surface area contributed by atoms with Crippen molar-refractivity contribution in [3.8, 4) is 0 Å². The van der Waals surface area contributed by atoms with Gasteiger partial charge in [0.2, 0.25) is 5.91 Å². The molecule has 1 aliphatic heterocycles. The van der Waals surface area contributed by atoms with Gasteiger partial charge in [0.05, 0.1) is 6.04 Å². The highest BCUT2D eigenvalue weighted by molar-refractivity contribution is 5.82. The molecule has 0 aromatic carbocycles. The van der Waals surface area contributed by atoms with Gasteiger partial charge in [0.15, 0.2) is 0 Å². The average molecular weight is 278 g/mol. The van der Waals surface area contributed by atoms with Gasteiger partial charge >= 0.3 is 0 Å². The second kappa shape index (κ2) is 6.93. The molecule has 1 saturated heterocycles. The largest absolute Gasteiger partial charge is 0.352 e. The molecule has 3 fully saturated rings. The van der Waals surface area contributed by atoms with Crippen molar-refractivity contribution in [3.05, 3.63) is 0 Å². The summed E-state index contributed by atoms with van der Waals surface area (Å²) in [5, 5.41) is 6.93. The van der Waals surface area contributed by atoms with Crippen molar-refractivity contribution < 1.29 is 4.79 Å². The summed E-state index contributed by atoms with van der Waals surface area (Å²) in [4.78, 5) is 12.5. The smallest absolute Gasteiger partial charge is 0.237 e. The van der Waals surface area contributed by atoms with Crippen LogP contribution in [0.5, 0.6) is 0 Å². The van der Waals surface area contributed by atoms with Crippen LogP contribution >= 0.6 is 0 Å². The molecule has 2 N–H and O–H groups in total. The zero-order valence-corrected chi connectivity index (χ0v) is 12.7. The van der Waals surface area contributed by atoms with E-state index in [1.807, 2.05) is 0 Å². The van der Waals surface area contributed by atoms with Gasteiger partial charge in [0.1, 0.15) is 0 Å². The van der Waals surface area contributed by atoms with E-state index in [1.165, 1.54) is 70.6 Å². The third kappa shape index (κ3) is 3.55. The summed E-state index contributed by atoms with van der Waals surface area (Å²) in [5.74, 6) is 1.04. The predicted molar refractivity (Wildman–Crippen MR) is 81.5 cm³/mol. The van der Waals surface area contributed by atoms with E-state index >= 15 is 0 Å². The van der Waals surface area contributed by atoms with Gasteiger partial charge in [-0.1, -0.05) is 44.9 Å². The molecule has 3 atom stereocenters. The summed E-state index contributed by atoms with van der Waals surface area (Å²) in [6.07, 6.45) is 15.4. The molecule has 2 aliphatic carbocycles. The van der Waals surface area contributed by atoms with Crippen LogP contribution < -0.4 is 10.6 Å². The van der Waals surface area contributed by atoms with Crippen LogP contribution in [0.4, 0.5) is 0 Å². The molecule has 20 heavy (non-hydrogen) atoms. The first-order valence-electron chi connectivity index (χ1n) is 8.89. The van der Waals surface area contributed by atoms with Crippen LogP contribution in [0, 0.1) is 5.92 Å². The first-order chi connectivity index (χ1) is 9.83. The Hall–Kier alpha value is -0.570. The van der Waals surface area contributed by atoms with Crippen molar-refractivity contribution in [2.45, 2.75) is 95.2 Å². The number of hydrogen-bond acceptors (Lipinski definition) is 2. The zero-order valence-electron chi connectivity index (χ0n) is 12.7. The van der Waals surface area contributed by atoms with E-state index in [9.17, 15) is 4.79 Å². The Labute approximate surface area is 123 Å². The molecule has 1 amide bonds. The van der Waals surface area contributed by atoms with Crippen molar-refractivity contribution in [1.82, 2.24) is 10.6 Å². The molecule has 1 heterocycles. The maximum atomic E-state index is 12.5. The van der Waals surface area contributed by atoms with Crippen LogP contribution in [0.15, 0.2) is 0 Å². The fraction of sp³-hybridized carbons (Fsp3) is 0.941. The summed E-state index contributed by atoms with van der Waals surface area (Å²) in [6, 6.07) is 1.15. The SMILES string of the molecule is O=C(NC1CCCCCCC1)C1CC2CCCCC2N1. The molecule has 3 nitrogen and oxygen atoms in total. The van der Waals surface area contributed by atoms with Crippen LogP contribution in [0.2, 0.25) is 0 Å². The van der Waals surface area contributed by atoms with Gasteiger partial charge in [-0.15, -0.1) is 0 Å². The standard InChI is InChI=1S/C17H30N2O/c20-17(18-14-9-4-2-1-3-5-10-14)16-12-13-8-6-7-11-15(13)19-16/h13-16,19H,1-12H2,(H,18,20).